The Hall–Kier alpha value is -6.98. The summed E-state index contributed by atoms with van der Waals surface area (Å²) >= 11 is 0. The van der Waals surface area contributed by atoms with Crippen molar-refractivity contribution < 1.29 is 5.79 Å². The van der Waals surface area contributed by atoms with Crippen LogP contribution in [0.2, 0.25) is 0 Å². The summed E-state index contributed by atoms with van der Waals surface area (Å²) in [7, 11) is 0. The van der Waals surface area contributed by atoms with Crippen LogP contribution in [0.5, 0.6) is 0 Å². The van der Waals surface area contributed by atoms with Gasteiger partial charge in [-0.1, -0.05) is 195 Å². The first-order valence-corrected chi connectivity index (χ1v) is 26.4. The topological polar surface area (TPSA) is 22.9 Å². The van der Waals surface area contributed by atoms with E-state index < -0.39 is 0 Å². The Kier molecular flexibility index (Phi) is 10.8. The van der Waals surface area contributed by atoms with Crippen molar-refractivity contribution in [3.05, 3.63) is 192 Å². The number of benzene rings is 8. The lowest BCUT2D eigenvalue weighted by Gasteiger charge is -2.46. The summed E-state index contributed by atoms with van der Waals surface area (Å²) in [6.45, 7) is 34.1. The minimum atomic E-state index is -0.215. The van der Waals surface area contributed by atoms with Crippen LogP contribution in [-0.4, -0.2) is 6.71 Å². The fraction of sp³-hybridized carbons (Fsp3) is 0.294. The van der Waals surface area contributed by atoms with Crippen LogP contribution < -0.4 is 31.1 Å². The van der Waals surface area contributed by atoms with Crippen LogP contribution in [0.4, 0.5) is 51.2 Å². The molecule has 1 aromatic heterocycles. The van der Waals surface area contributed by atoms with Crippen molar-refractivity contribution in [1.29, 1.82) is 0 Å². The van der Waals surface area contributed by atoms with Crippen LogP contribution >= 0.6 is 0 Å². The fourth-order valence-corrected chi connectivity index (χ4v) is 11.2. The molecule has 5 heteroatoms. The number of rotatable bonds is 5. The van der Waals surface area contributed by atoms with Crippen molar-refractivity contribution in [3.8, 4) is 0 Å². The second-order valence-corrected chi connectivity index (χ2v) is 25.9. The molecule has 3 heterocycles. The zero-order valence-corrected chi connectivity index (χ0v) is 45.8. The van der Waals surface area contributed by atoms with Gasteiger partial charge in [0.15, 0.2) is 5.58 Å². The number of nitrogens with zero attached hydrogens (tertiary/aromatic N) is 3. The second-order valence-electron chi connectivity index (χ2n) is 25.9. The molecule has 4 nitrogen and oxygen atoms in total. The van der Waals surface area contributed by atoms with Gasteiger partial charge in [0.2, 0.25) is 0 Å². The molecule has 0 N–H and O–H groups in total. The molecule has 9 aromatic rings. The molecule has 0 unspecified atom stereocenters. The van der Waals surface area contributed by atoms with Crippen molar-refractivity contribution in [2.24, 2.45) is 0 Å². The van der Waals surface area contributed by atoms with E-state index >= 15 is 0 Å². The van der Waals surface area contributed by atoms with Crippen LogP contribution in [0.1, 0.15) is 133 Å². The summed E-state index contributed by atoms with van der Waals surface area (Å²) < 4.78 is 17.2. The Balaban J connectivity index is 1.32. The van der Waals surface area contributed by atoms with E-state index in [2.05, 4.69) is 276 Å². The predicted molar refractivity (Wildman–Crippen MR) is 316 cm³/mol. The van der Waals surface area contributed by atoms with Gasteiger partial charge in [0, 0.05) is 50.6 Å². The van der Waals surface area contributed by atoms with E-state index in [1.807, 2.05) is 0 Å². The molecule has 0 atom stereocenters. The Morgan fingerprint density at radius 3 is 1.36 bits per heavy atom. The maximum Gasteiger partial charge on any atom is 0.252 e. The summed E-state index contributed by atoms with van der Waals surface area (Å²) in [4.78, 5) is 7.35. The molecule has 73 heavy (non-hydrogen) atoms. The Bertz CT molecular complexity index is 3570. The van der Waals surface area contributed by atoms with Gasteiger partial charge in [0.05, 0.1) is 7.06 Å². The van der Waals surface area contributed by atoms with Gasteiger partial charge < -0.3 is 19.1 Å². The molecule has 8 aromatic carbocycles. The normalized spacial score (nSPS) is 14.1. The average Bonchev–Trinajstić information content (AvgIpc) is 3.71. The van der Waals surface area contributed by atoms with Gasteiger partial charge in [-0.15, -0.1) is 0 Å². The molecule has 368 valence electrons. The van der Waals surface area contributed by atoms with Crippen LogP contribution in [0.25, 0.3) is 21.9 Å². The maximum atomic E-state index is 9.86. The third-order valence-electron chi connectivity index (χ3n) is 15.6. The summed E-state index contributed by atoms with van der Waals surface area (Å²) in [5, 5.41) is 2.14. The first-order chi connectivity index (χ1) is 34.8. The molecular weight excluding hydrogens is 886 g/mol. The highest BCUT2D eigenvalue weighted by Crippen LogP contribution is 2.53. The van der Waals surface area contributed by atoms with Crippen LogP contribution in [0, 0.1) is 0 Å². The van der Waals surface area contributed by atoms with E-state index in [4.69, 9.17) is 4.42 Å². The number of hydrogen-bond acceptors (Lipinski definition) is 4. The van der Waals surface area contributed by atoms with Gasteiger partial charge >= 0.3 is 0 Å². The zero-order chi connectivity index (χ0) is 52.6. The molecule has 0 bridgehead atoms. The van der Waals surface area contributed by atoms with Crippen LogP contribution in [-0.2, 0) is 27.1 Å². The highest BCUT2D eigenvalue weighted by molar-refractivity contribution is 7.00. The molecule has 0 spiro atoms. The fourth-order valence-electron chi connectivity index (χ4n) is 11.2. The highest BCUT2D eigenvalue weighted by atomic mass is 16.3. The second kappa shape index (κ2) is 16.8. The number of furan rings is 1. The predicted octanol–water partition coefficient (Wildman–Crippen LogP) is 17.6. The molecule has 0 saturated carbocycles. The molecule has 0 aliphatic carbocycles. The van der Waals surface area contributed by atoms with E-state index in [0.717, 1.165) is 73.1 Å². The van der Waals surface area contributed by atoms with E-state index in [1.54, 1.807) is 0 Å². The number of fused-ring (bicyclic) bond motifs is 7. The first kappa shape index (κ1) is 47.1. The third-order valence-corrected chi connectivity index (χ3v) is 15.6. The van der Waals surface area contributed by atoms with E-state index in [-0.39, 0.29) is 33.8 Å². The molecule has 2 aliphatic rings. The lowest BCUT2D eigenvalue weighted by Crippen LogP contribution is -2.61. The number of para-hydroxylation sites is 1. The van der Waals surface area contributed by atoms with Gasteiger partial charge in [-0.2, -0.15) is 0 Å². The quantitative estimate of drug-likeness (QED) is 0.160. The summed E-state index contributed by atoms with van der Waals surface area (Å²) in [6.07, 6.45) is 0. The molecule has 2 aliphatic heterocycles. The SMILES string of the molecule is [2H]c1cc2c3c(c1)N(c1ccc(C(C)(C)C)cc1)c1c(cc4c(oc5ccccc54)c1N(c1ccc(C(C)(C)C)cc1)c1ccc(C(C)(C)C)cc1)B3c1cc(C(C)(C)C)ccc1N2c1ccc(C(C)(C)C)cc1. The molecule has 0 saturated heterocycles. The third kappa shape index (κ3) is 8.24. The summed E-state index contributed by atoms with van der Waals surface area (Å²) in [5.41, 5.74) is 20.6. The number of anilines is 9. The smallest absolute Gasteiger partial charge is 0.252 e. The largest absolute Gasteiger partial charge is 0.454 e. The van der Waals surface area contributed by atoms with E-state index in [9.17, 15) is 1.37 Å². The van der Waals surface area contributed by atoms with E-state index in [1.165, 1.54) is 44.2 Å². The average molecular weight is 959 g/mol. The Morgan fingerprint density at radius 1 is 0.425 bits per heavy atom. The van der Waals surface area contributed by atoms with Gasteiger partial charge in [-0.05, 0) is 144 Å². The lowest BCUT2D eigenvalue weighted by atomic mass is 9.33. The molecule has 11 rings (SSSR count). The maximum absolute atomic E-state index is 9.86. The monoisotopic (exact) mass is 959 g/mol. The minimum Gasteiger partial charge on any atom is -0.454 e. The van der Waals surface area contributed by atoms with Gasteiger partial charge in [-0.25, -0.2) is 0 Å². The molecule has 0 amide bonds. The van der Waals surface area contributed by atoms with Crippen LogP contribution in [0.3, 0.4) is 0 Å². The van der Waals surface area contributed by atoms with Crippen molar-refractivity contribution in [3.63, 3.8) is 0 Å². The molecular formula is C68H72BN3O. The van der Waals surface area contributed by atoms with Gasteiger partial charge in [0.1, 0.15) is 11.3 Å². The first-order valence-electron chi connectivity index (χ1n) is 26.9. The van der Waals surface area contributed by atoms with Crippen LogP contribution in [0.15, 0.2) is 168 Å². The van der Waals surface area contributed by atoms with Crippen molar-refractivity contribution in [1.82, 2.24) is 0 Å². The Labute approximate surface area is 437 Å². The van der Waals surface area contributed by atoms with E-state index in [0.29, 0.717) is 6.04 Å². The zero-order valence-electron chi connectivity index (χ0n) is 46.8. The van der Waals surface area contributed by atoms with Crippen molar-refractivity contribution >= 4 is 96.2 Å². The summed E-state index contributed by atoms with van der Waals surface area (Å²) in [5.74, 6) is 0. The lowest BCUT2D eigenvalue weighted by molar-refractivity contribution is 0.590. The Morgan fingerprint density at radius 2 is 0.863 bits per heavy atom. The van der Waals surface area contributed by atoms with Crippen molar-refractivity contribution in [2.75, 3.05) is 14.7 Å². The number of hydrogen-bond donors (Lipinski definition) is 0. The minimum absolute atomic E-state index is 0.00447. The highest BCUT2D eigenvalue weighted by Gasteiger charge is 2.46. The molecule has 0 fully saturated rings. The standard InChI is InChI=1S/C68H72BN3O/c1-64(2,3)43-23-32-48(33-24-43)70(49-34-25-44(26-35-49)65(4,5)6)62-61-55(42-53-52-19-16-17-22-59(52)73-63(53)62)69-54-41-47(68(13,14)15)31-40-56(54)71(50-36-27-45(28-37-50)66(7,8)9)57-20-18-21-58(60(57)69)72(61)51-38-29-46(30-39-51)67(10,11)12/h16-42H,1-15H3/i18D. The summed E-state index contributed by atoms with van der Waals surface area (Å²) in [6, 6.07) is 59.4. The van der Waals surface area contributed by atoms with Gasteiger partial charge in [-0.3, -0.25) is 0 Å². The van der Waals surface area contributed by atoms with Gasteiger partial charge in [0.25, 0.3) is 6.71 Å². The molecule has 0 radical (unpaired) electrons. The van der Waals surface area contributed by atoms with Crippen molar-refractivity contribution in [2.45, 2.75) is 131 Å².